The van der Waals surface area contributed by atoms with E-state index >= 15 is 0 Å². The number of benzene rings is 1. The summed E-state index contributed by atoms with van der Waals surface area (Å²) in [5.41, 5.74) is 7.23. The minimum absolute atomic E-state index is 0. The highest BCUT2D eigenvalue weighted by atomic mass is 127. The molecule has 0 unspecified atom stereocenters. The van der Waals surface area contributed by atoms with Crippen LogP contribution < -0.4 is 10.6 Å². The minimum atomic E-state index is -0.193. The quantitative estimate of drug-likeness (QED) is 0.402. The number of piperazine rings is 1. The lowest BCUT2D eigenvalue weighted by Gasteiger charge is -2.36. The molecule has 2 N–H and O–H groups in total. The van der Waals surface area contributed by atoms with Crippen LogP contribution in [0.5, 0.6) is 0 Å². The molecule has 1 aromatic carbocycles. The van der Waals surface area contributed by atoms with Gasteiger partial charge >= 0.3 is 0 Å². The fourth-order valence-electron chi connectivity index (χ4n) is 3.28. The monoisotopic (exact) mass is 461 g/mol. The highest BCUT2D eigenvalue weighted by molar-refractivity contribution is 14.0. The molecule has 1 aliphatic heterocycles. The zero-order valence-electron chi connectivity index (χ0n) is 14.9. The topological polar surface area (TPSA) is 48.1 Å². The lowest BCUT2D eigenvalue weighted by Crippen LogP contribution is -2.51. The largest absolute Gasteiger partial charge is 0.370 e. The van der Waals surface area contributed by atoms with E-state index in [1.165, 1.54) is 25.0 Å². The lowest BCUT2D eigenvalue weighted by atomic mass is 10.2. The van der Waals surface area contributed by atoms with Gasteiger partial charge in [-0.15, -0.1) is 24.0 Å². The fraction of sp³-hybridized carbons (Fsp3) is 0.611. The SMILES string of the molecule is CCN(CCN=C(N)N1CCN(c2ccc(F)cc2)CC1)C1CC1.I. The predicted octanol–water partition coefficient (Wildman–Crippen LogP) is 2.36. The number of likely N-dealkylation sites (N-methyl/N-ethyl adjacent to an activating group) is 1. The molecule has 3 rings (SSSR count). The molecule has 25 heavy (non-hydrogen) atoms. The van der Waals surface area contributed by atoms with Gasteiger partial charge in [-0.05, 0) is 43.7 Å². The van der Waals surface area contributed by atoms with Crippen LogP contribution in [-0.4, -0.2) is 67.6 Å². The summed E-state index contributed by atoms with van der Waals surface area (Å²) in [4.78, 5) is 11.5. The Bertz CT molecular complexity index is 553. The van der Waals surface area contributed by atoms with Crippen molar-refractivity contribution in [2.45, 2.75) is 25.8 Å². The van der Waals surface area contributed by atoms with E-state index in [4.69, 9.17) is 5.73 Å². The number of nitrogens with two attached hydrogens (primary N) is 1. The summed E-state index contributed by atoms with van der Waals surface area (Å²) in [5, 5.41) is 0. The summed E-state index contributed by atoms with van der Waals surface area (Å²) in [6, 6.07) is 7.47. The van der Waals surface area contributed by atoms with E-state index in [-0.39, 0.29) is 29.8 Å². The summed E-state index contributed by atoms with van der Waals surface area (Å²) < 4.78 is 13.0. The molecule has 2 fully saturated rings. The van der Waals surface area contributed by atoms with E-state index in [9.17, 15) is 4.39 Å². The molecule has 1 aromatic rings. The maximum atomic E-state index is 13.0. The Balaban J connectivity index is 0.00000225. The van der Waals surface area contributed by atoms with Crippen LogP contribution in [0, 0.1) is 5.82 Å². The van der Waals surface area contributed by atoms with E-state index in [1.807, 2.05) is 12.1 Å². The molecule has 5 nitrogen and oxygen atoms in total. The van der Waals surface area contributed by atoms with Crippen molar-refractivity contribution >= 4 is 35.6 Å². The van der Waals surface area contributed by atoms with Gasteiger partial charge in [-0.25, -0.2) is 4.39 Å². The molecule has 0 radical (unpaired) electrons. The third kappa shape index (κ3) is 5.70. The maximum absolute atomic E-state index is 13.0. The van der Waals surface area contributed by atoms with Gasteiger partial charge in [0.15, 0.2) is 5.96 Å². The average Bonchev–Trinajstić information content (AvgIpc) is 3.44. The van der Waals surface area contributed by atoms with Gasteiger partial charge in [0, 0.05) is 44.5 Å². The number of aliphatic imine (C=N–C) groups is 1. The van der Waals surface area contributed by atoms with Gasteiger partial charge in [-0.3, -0.25) is 9.89 Å². The van der Waals surface area contributed by atoms with Crippen LogP contribution in [-0.2, 0) is 0 Å². The van der Waals surface area contributed by atoms with E-state index in [2.05, 4.69) is 26.6 Å². The van der Waals surface area contributed by atoms with Crippen LogP contribution in [0.3, 0.4) is 0 Å². The molecule has 1 heterocycles. The fourth-order valence-corrected chi connectivity index (χ4v) is 3.28. The first kappa shape index (κ1) is 20.2. The van der Waals surface area contributed by atoms with E-state index in [1.54, 1.807) is 0 Å². The Kier molecular flexibility index (Phi) is 7.74. The van der Waals surface area contributed by atoms with Crippen LogP contribution in [0.2, 0.25) is 0 Å². The Morgan fingerprint density at radius 3 is 2.40 bits per heavy atom. The van der Waals surface area contributed by atoms with Crippen LogP contribution >= 0.6 is 24.0 Å². The second kappa shape index (κ2) is 9.56. The molecule has 7 heteroatoms. The van der Waals surface area contributed by atoms with Gasteiger partial charge in [-0.2, -0.15) is 0 Å². The number of nitrogens with zero attached hydrogens (tertiary/aromatic N) is 4. The van der Waals surface area contributed by atoms with E-state index in [0.29, 0.717) is 5.96 Å². The van der Waals surface area contributed by atoms with Crippen molar-refractivity contribution in [2.75, 3.05) is 50.7 Å². The summed E-state index contributed by atoms with van der Waals surface area (Å²) in [6.45, 7) is 8.54. The zero-order chi connectivity index (χ0) is 16.9. The molecule has 1 aliphatic carbocycles. The molecule has 140 valence electrons. The Morgan fingerprint density at radius 1 is 1.20 bits per heavy atom. The number of hydrogen-bond acceptors (Lipinski definition) is 3. The molecular formula is C18H29FIN5. The maximum Gasteiger partial charge on any atom is 0.191 e. The van der Waals surface area contributed by atoms with Crippen molar-refractivity contribution in [2.24, 2.45) is 10.7 Å². The van der Waals surface area contributed by atoms with Gasteiger partial charge in [0.05, 0.1) is 6.54 Å². The minimum Gasteiger partial charge on any atom is -0.370 e. The number of anilines is 1. The summed E-state index contributed by atoms with van der Waals surface area (Å²) >= 11 is 0. The molecule has 0 aromatic heterocycles. The van der Waals surface area contributed by atoms with E-state index in [0.717, 1.165) is 57.5 Å². The van der Waals surface area contributed by atoms with Gasteiger partial charge in [0.2, 0.25) is 0 Å². The standard InChI is InChI=1S/C18H28FN5.HI/c1-2-22(16-7-8-16)10-9-21-18(20)24-13-11-23(12-14-24)17-5-3-15(19)4-6-17;/h3-6,16H,2,7-14H2,1H3,(H2,20,21);1H. The molecular weight excluding hydrogens is 432 g/mol. The Labute approximate surface area is 167 Å². The zero-order valence-corrected chi connectivity index (χ0v) is 17.2. The predicted molar refractivity (Wildman–Crippen MR) is 112 cm³/mol. The second-order valence-electron chi connectivity index (χ2n) is 6.55. The summed E-state index contributed by atoms with van der Waals surface area (Å²) in [5.74, 6) is 0.460. The molecule has 0 atom stereocenters. The second-order valence-corrected chi connectivity index (χ2v) is 6.55. The van der Waals surface area contributed by atoms with Crippen molar-refractivity contribution in [1.29, 1.82) is 0 Å². The first-order valence-corrected chi connectivity index (χ1v) is 8.97. The normalized spacial score (nSPS) is 18.4. The lowest BCUT2D eigenvalue weighted by molar-refractivity contribution is 0.285. The van der Waals surface area contributed by atoms with Crippen molar-refractivity contribution in [3.05, 3.63) is 30.1 Å². The van der Waals surface area contributed by atoms with Crippen molar-refractivity contribution in [1.82, 2.24) is 9.80 Å². The third-order valence-corrected chi connectivity index (χ3v) is 4.93. The average molecular weight is 461 g/mol. The number of halogens is 2. The third-order valence-electron chi connectivity index (χ3n) is 4.93. The van der Waals surface area contributed by atoms with Crippen LogP contribution in [0.15, 0.2) is 29.3 Å². The van der Waals surface area contributed by atoms with Crippen LogP contribution in [0.4, 0.5) is 10.1 Å². The molecule has 2 aliphatic rings. The van der Waals surface area contributed by atoms with Crippen LogP contribution in [0.1, 0.15) is 19.8 Å². The van der Waals surface area contributed by atoms with Crippen molar-refractivity contribution in [3.8, 4) is 0 Å². The first-order valence-electron chi connectivity index (χ1n) is 8.97. The molecule has 0 bridgehead atoms. The van der Waals surface area contributed by atoms with Gasteiger partial charge in [0.1, 0.15) is 5.82 Å². The highest BCUT2D eigenvalue weighted by Crippen LogP contribution is 2.26. The van der Waals surface area contributed by atoms with Crippen molar-refractivity contribution in [3.63, 3.8) is 0 Å². The van der Waals surface area contributed by atoms with Gasteiger partial charge in [0.25, 0.3) is 0 Å². The smallest absolute Gasteiger partial charge is 0.191 e. The molecule has 0 spiro atoms. The highest BCUT2D eigenvalue weighted by Gasteiger charge is 2.27. The summed E-state index contributed by atoms with van der Waals surface area (Å²) in [6.07, 6.45) is 2.66. The molecule has 1 saturated heterocycles. The van der Waals surface area contributed by atoms with Crippen LogP contribution in [0.25, 0.3) is 0 Å². The Morgan fingerprint density at radius 2 is 1.84 bits per heavy atom. The van der Waals surface area contributed by atoms with Crippen molar-refractivity contribution < 1.29 is 4.39 Å². The molecule has 0 amide bonds. The number of hydrogen-bond donors (Lipinski definition) is 1. The van der Waals surface area contributed by atoms with Gasteiger partial charge in [-0.1, -0.05) is 6.92 Å². The number of guanidine groups is 1. The first-order chi connectivity index (χ1) is 11.7. The molecule has 1 saturated carbocycles. The number of rotatable bonds is 6. The summed E-state index contributed by atoms with van der Waals surface area (Å²) in [7, 11) is 0. The Hall–Kier alpha value is -1.09. The van der Waals surface area contributed by atoms with E-state index < -0.39 is 0 Å². The van der Waals surface area contributed by atoms with Gasteiger partial charge < -0.3 is 15.5 Å².